The molecule has 2 aromatic rings. The van der Waals surface area contributed by atoms with Crippen LogP contribution in [0, 0.1) is 11.7 Å². The highest BCUT2D eigenvalue weighted by Gasteiger charge is 2.26. The van der Waals surface area contributed by atoms with Crippen LogP contribution in [0.5, 0.6) is 0 Å². The van der Waals surface area contributed by atoms with E-state index < -0.39 is 33.7 Å². The lowest BCUT2D eigenvalue weighted by atomic mass is 10.0. The molecule has 0 spiro atoms. The van der Waals surface area contributed by atoms with Gasteiger partial charge in [-0.2, -0.15) is 0 Å². The zero-order valence-corrected chi connectivity index (χ0v) is 17.5. The summed E-state index contributed by atoms with van der Waals surface area (Å²) in [7, 11) is -0.720. The maximum absolute atomic E-state index is 13.8. The molecule has 9 heteroatoms. The van der Waals surface area contributed by atoms with Gasteiger partial charge in [0.15, 0.2) is 0 Å². The van der Waals surface area contributed by atoms with E-state index in [1.165, 1.54) is 62.6 Å². The second kappa shape index (κ2) is 9.15. The maximum atomic E-state index is 13.8. The van der Waals surface area contributed by atoms with Gasteiger partial charge in [-0.05, 0) is 42.3 Å². The number of rotatable bonds is 7. The molecule has 0 heterocycles. The number of amides is 2. The van der Waals surface area contributed by atoms with E-state index in [1.807, 2.05) is 0 Å². The lowest BCUT2D eigenvalue weighted by molar-refractivity contribution is -0.118. The normalized spacial score (nSPS) is 12.7. The van der Waals surface area contributed by atoms with Gasteiger partial charge < -0.3 is 10.6 Å². The third-order valence-electron chi connectivity index (χ3n) is 4.25. The minimum absolute atomic E-state index is 0.0914. The van der Waals surface area contributed by atoms with E-state index in [1.54, 1.807) is 13.8 Å². The predicted molar refractivity (Wildman–Crippen MR) is 108 cm³/mol. The average molecular weight is 421 g/mol. The SMILES string of the molecule is CC(C)[C@H](NC(=O)c1ccccc1F)C(=O)Nc1ccc(S(=O)(=O)N(C)C)cc1. The Morgan fingerprint density at radius 3 is 2.10 bits per heavy atom. The number of nitrogens with zero attached hydrogens (tertiary/aromatic N) is 1. The van der Waals surface area contributed by atoms with Gasteiger partial charge >= 0.3 is 0 Å². The number of benzene rings is 2. The van der Waals surface area contributed by atoms with Crippen molar-refractivity contribution in [3.63, 3.8) is 0 Å². The summed E-state index contributed by atoms with van der Waals surface area (Å²) in [6, 6.07) is 10.3. The molecular formula is C20H24FN3O4S. The van der Waals surface area contributed by atoms with Crippen molar-refractivity contribution in [2.24, 2.45) is 5.92 Å². The fourth-order valence-electron chi connectivity index (χ4n) is 2.54. The average Bonchev–Trinajstić information content (AvgIpc) is 2.66. The molecule has 0 unspecified atom stereocenters. The topological polar surface area (TPSA) is 95.6 Å². The monoisotopic (exact) mass is 421 g/mol. The third kappa shape index (κ3) is 5.39. The van der Waals surface area contributed by atoms with Gasteiger partial charge in [0, 0.05) is 19.8 Å². The predicted octanol–water partition coefficient (Wildman–Crippen LogP) is 2.47. The molecule has 0 aromatic heterocycles. The van der Waals surface area contributed by atoms with E-state index >= 15 is 0 Å². The molecule has 0 bridgehead atoms. The molecule has 7 nitrogen and oxygen atoms in total. The van der Waals surface area contributed by atoms with Crippen LogP contribution >= 0.6 is 0 Å². The maximum Gasteiger partial charge on any atom is 0.254 e. The van der Waals surface area contributed by atoms with Crippen LogP contribution in [-0.4, -0.2) is 44.7 Å². The number of hydrogen-bond acceptors (Lipinski definition) is 4. The summed E-state index contributed by atoms with van der Waals surface area (Å²) in [6.45, 7) is 3.50. The molecule has 2 N–H and O–H groups in total. The van der Waals surface area contributed by atoms with Crippen molar-refractivity contribution in [2.45, 2.75) is 24.8 Å². The van der Waals surface area contributed by atoms with Crippen molar-refractivity contribution < 1.29 is 22.4 Å². The Balaban J connectivity index is 2.14. The summed E-state index contributed by atoms with van der Waals surface area (Å²) in [6.07, 6.45) is 0. The van der Waals surface area contributed by atoms with Crippen LogP contribution < -0.4 is 10.6 Å². The standard InChI is InChI=1S/C20H24FN3O4S/c1-13(2)18(23-19(25)16-7-5-6-8-17(16)21)20(26)22-14-9-11-15(12-10-14)29(27,28)24(3)4/h5-13,18H,1-4H3,(H,22,26)(H,23,25)/t18-/m0/s1. The van der Waals surface area contributed by atoms with Gasteiger partial charge in [0.25, 0.3) is 5.91 Å². The van der Waals surface area contributed by atoms with Gasteiger partial charge in [-0.3, -0.25) is 9.59 Å². The number of anilines is 1. The summed E-state index contributed by atoms with van der Waals surface area (Å²) in [5.41, 5.74) is 0.225. The first-order valence-electron chi connectivity index (χ1n) is 8.93. The number of hydrogen-bond donors (Lipinski definition) is 2. The van der Waals surface area contributed by atoms with Crippen LogP contribution in [0.1, 0.15) is 24.2 Å². The molecule has 156 valence electrons. The number of nitrogens with one attached hydrogen (secondary N) is 2. The van der Waals surface area contributed by atoms with Gasteiger partial charge in [0.2, 0.25) is 15.9 Å². The molecule has 0 fully saturated rings. The van der Waals surface area contributed by atoms with E-state index in [4.69, 9.17) is 0 Å². The largest absolute Gasteiger partial charge is 0.340 e. The number of carbonyl (C=O) groups excluding carboxylic acids is 2. The van der Waals surface area contributed by atoms with Gasteiger partial charge in [-0.25, -0.2) is 17.1 Å². The summed E-state index contributed by atoms with van der Waals surface area (Å²) in [4.78, 5) is 25.1. The van der Waals surface area contributed by atoms with Crippen LogP contribution in [0.25, 0.3) is 0 Å². The summed E-state index contributed by atoms with van der Waals surface area (Å²) in [5, 5.41) is 5.20. The number of sulfonamides is 1. The Morgan fingerprint density at radius 1 is 1.00 bits per heavy atom. The highest BCUT2D eigenvalue weighted by atomic mass is 32.2. The van der Waals surface area contributed by atoms with Crippen molar-refractivity contribution in [2.75, 3.05) is 19.4 Å². The Morgan fingerprint density at radius 2 is 1.59 bits per heavy atom. The first-order valence-corrected chi connectivity index (χ1v) is 10.4. The van der Waals surface area contributed by atoms with Crippen LogP contribution in [-0.2, 0) is 14.8 Å². The highest BCUT2D eigenvalue weighted by molar-refractivity contribution is 7.89. The fourth-order valence-corrected chi connectivity index (χ4v) is 3.44. The molecule has 0 aliphatic carbocycles. The molecule has 0 aliphatic rings. The van der Waals surface area contributed by atoms with Crippen LogP contribution in [0.2, 0.25) is 0 Å². The van der Waals surface area contributed by atoms with Crippen molar-refractivity contribution in [1.29, 1.82) is 0 Å². The number of halogens is 1. The molecule has 1 atom stereocenters. The zero-order valence-electron chi connectivity index (χ0n) is 16.6. The van der Waals surface area contributed by atoms with E-state index in [2.05, 4.69) is 10.6 Å². The van der Waals surface area contributed by atoms with E-state index in [0.29, 0.717) is 5.69 Å². The second-order valence-corrected chi connectivity index (χ2v) is 9.13. The van der Waals surface area contributed by atoms with E-state index in [-0.39, 0.29) is 16.4 Å². The van der Waals surface area contributed by atoms with Crippen molar-refractivity contribution in [3.05, 3.63) is 59.9 Å². The Hall–Kier alpha value is -2.78. The fraction of sp³-hybridized carbons (Fsp3) is 0.300. The molecule has 2 amide bonds. The van der Waals surface area contributed by atoms with Crippen LogP contribution in [0.4, 0.5) is 10.1 Å². The minimum atomic E-state index is -3.57. The first kappa shape index (κ1) is 22.5. The lowest BCUT2D eigenvalue weighted by Crippen LogP contribution is -2.47. The van der Waals surface area contributed by atoms with Gasteiger partial charge in [-0.1, -0.05) is 26.0 Å². The molecule has 0 saturated heterocycles. The summed E-state index contributed by atoms with van der Waals surface area (Å²) < 4.78 is 39.1. The van der Waals surface area contributed by atoms with Crippen molar-refractivity contribution in [3.8, 4) is 0 Å². The second-order valence-electron chi connectivity index (χ2n) is 6.98. The smallest absolute Gasteiger partial charge is 0.254 e. The van der Waals surface area contributed by atoms with Crippen LogP contribution in [0.3, 0.4) is 0 Å². The van der Waals surface area contributed by atoms with Crippen LogP contribution in [0.15, 0.2) is 53.4 Å². The summed E-state index contributed by atoms with van der Waals surface area (Å²) >= 11 is 0. The molecule has 29 heavy (non-hydrogen) atoms. The third-order valence-corrected chi connectivity index (χ3v) is 6.08. The zero-order chi connectivity index (χ0) is 21.8. The first-order chi connectivity index (χ1) is 13.5. The molecular weight excluding hydrogens is 397 g/mol. The molecule has 0 radical (unpaired) electrons. The number of carbonyl (C=O) groups is 2. The Kier molecular flexibility index (Phi) is 7.10. The molecule has 2 rings (SSSR count). The molecule has 2 aromatic carbocycles. The summed E-state index contributed by atoms with van der Waals surface area (Å²) in [5.74, 6) is -2.12. The molecule has 0 aliphatic heterocycles. The highest BCUT2D eigenvalue weighted by Crippen LogP contribution is 2.17. The minimum Gasteiger partial charge on any atom is -0.340 e. The Labute approximate surface area is 170 Å². The molecule has 0 saturated carbocycles. The van der Waals surface area contributed by atoms with E-state index in [0.717, 1.165) is 4.31 Å². The van der Waals surface area contributed by atoms with E-state index in [9.17, 15) is 22.4 Å². The van der Waals surface area contributed by atoms with Gasteiger partial charge in [-0.15, -0.1) is 0 Å². The van der Waals surface area contributed by atoms with Gasteiger partial charge in [0.1, 0.15) is 11.9 Å². The quantitative estimate of drug-likeness (QED) is 0.718. The Bertz CT molecular complexity index is 989. The van der Waals surface area contributed by atoms with Crippen molar-refractivity contribution >= 4 is 27.5 Å². The van der Waals surface area contributed by atoms with Gasteiger partial charge in [0.05, 0.1) is 10.5 Å². The lowest BCUT2D eigenvalue weighted by Gasteiger charge is -2.22. The van der Waals surface area contributed by atoms with Crippen molar-refractivity contribution in [1.82, 2.24) is 9.62 Å².